The van der Waals surface area contributed by atoms with Gasteiger partial charge in [0.05, 0.1) is 0 Å². The molecular formula is C48H56Ge2P2. The van der Waals surface area contributed by atoms with Crippen molar-refractivity contribution in [1.29, 1.82) is 0 Å². The largest absolute Gasteiger partial charge is 0.153 e. The predicted octanol–water partition coefficient (Wildman–Crippen LogP) is 11.4. The summed E-state index contributed by atoms with van der Waals surface area (Å²) in [7, 11) is 0. The van der Waals surface area contributed by atoms with Gasteiger partial charge < -0.3 is 0 Å². The van der Waals surface area contributed by atoms with Gasteiger partial charge in [0, 0.05) is 0 Å². The smallest absolute Gasteiger partial charge is 0.153 e. The Kier molecular flexibility index (Phi) is 15.2. The molecule has 0 nitrogen and oxygen atoms in total. The maximum absolute atomic E-state index is 2.29. The van der Waals surface area contributed by atoms with Crippen LogP contribution in [0.5, 0.6) is 0 Å². The fourth-order valence-electron chi connectivity index (χ4n) is 8.36. The third-order valence-corrected chi connectivity index (χ3v) is 12.2. The summed E-state index contributed by atoms with van der Waals surface area (Å²) >= 11 is 4.53. The summed E-state index contributed by atoms with van der Waals surface area (Å²) in [5.41, 5.74) is 27.1. The molecule has 0 fully saturated rings. The molecule has 2 atom stereocenters. The van der Waals surface area contributed by atoms with E-state index in [0.717, 1.165) is 0 Å². The Bertz CT molecular complexity index is 1860. The van der Waals surface area contributed by atoms with Gasteiger partial charge in [-0.3, -0.25) is 0 Å². The maximum Gasteiger partial charge on any atom is -0.153 e. The Balaban J connectivity index is 0.000000270. The second kappa shape index (κ2) is 18.1. The van der Waals surface area contributed by atoms with Crippen molar-refractivity contribution in [2.45, 2.75) is 83.1 Å². The second-order valence-corrected chi connectivity index (χ2v) is 16.6. The van der Waals surface area contributed by atoms with Gasteiger partial charge in [0.15, 0.2) is 0 Å². The average molecular weight is 840 g/mol. The normalized spacial score (nSPS) is 10.6. The minimum atomic E-state index is 0. The summed E-state index contributed by atoms with van der Waals surface area (Å²) in [4.78, 5) is 0. The zero-order valence-corrected chi connectivity index (χ0v) is 40.5. The van der Waals surface area contributed by atoms with E-state index in [1.807, 2.05) is 0 Å². The predicted molar refractivity (Wildman–Crippen MR) is 244 cm³/mol. The fraction of sp³-hybridized carbons (Fsp3) is 0.250. The number of aryl methyl sites for hydroxylation is 12. The van der Waals surface area contributed by atoms with E-state index in [4.69, 9.17) is 0 Å². The number of hydrogen-bond acceptors (Lipinski definition) is 0. The third kappa shape index (κ3) is 9.13. The van der Waals surface area contributed by atoms with Crippen LogP contribution in [0, 0.1) is 83.1 Å². The molecular weight excluding hydrogens is 784 g/mol. The number of rotatable bonds is 4. The van der Waals surface area contributed by atoms with Crippen molar-refractivity contribution in [2.24, 2.45) is 0 Å². The molecule has 0 N–H and O–H groups in total. The van der Waals surface area contributed by atoms with Crippen LogP contribution in [-0.2, 0) is 0 Å². The molecule has 0 aliphatic rings. The first kappa shape index (κ1) is 43.7. The molecule has 0 aliphatic heterocycles. The minimum Gasteiger partial charge on any atom is -0.153 e. The van der Waals surface area contributed by atoms with E-state index in [-0.39, 0.29) is 19.8 Å². The van der Waals surface area contributed by atoms with Crippen LogP contribution in [0.3, 0.4) is 0 Å². The molecule has 0 aliphatic carbocycles. The molecule has 266 valence electrons. The second-order valence-electron chi connectivity index (χ2n) is 14.6. The maximum atomic E-state index is 2.29. The van der Waals surface area contributed by atoms with Gasteiger partial charge in [0.1, 0.15) is 0 Å². The van der Waals surface area contributed by atoms with E-state index in [2.05, 4.69) is 201 Å². The average Bonchev–Trinajstić information content (AvgIpc) is 2.99. The molecule has 0 bridgehead atoms. The van der Waals surface area contributed by atoms with Crippen LogP contribution in [0.1, 0.15) is 66.8 Å². The van der Waals surface area contributed by atoms with Crippen LogP contribution in [0.2, 0.25) is 0 Å². The fourth-order valence-corrected chi connectivity index (χ4v) is 10.1. The first-order valence-electron chi connectivity index (χ1n) is 17.6. The molecule has 0 heterocycles. The zero-order chi connectivity index (χ0) is 36.6. The summed E-state index contributed by atoms with van der Waals surface area (Å²) < 4.78 is 2.74. The van der Waals surface area contributed by atoms with Crippen LogP contribution >= 0.6 is 19.8 Å². The topological polar surface area (TPSA) is 0 Å². The van der Waals surface area contributed by atoms with Gasteiger partial charge in [-0.2, -0.15) is 19.8 Å². The first-order chi connectivity index (χ1) is 23.6. The van der Waals surface area contributed by atoms with E-state index in [1.165, 1.54) is 120 Å². The Hall–Kier alpha value is -2.73. The molecule has 52 heavy (non-hydrogen) atoms. The van der Waals surface area contributed by atoms with Crippen LogP contribution in [0.25, 0.3) is 44.5 Å². The molecule has 0 aromatic heterocycles. The van der Waals surface area contributed by atoms with Crippen molar-refractivity contribution in [3.8, 4) is 44.5 Å². The molecule has 6 radical (unpaired) electrons. The van der Waals surface area contributed by atoms with E-state index < -0.39 is 0 Å². The summed E-state index contributed by atoms with van der Waals surface area (Å²) in [6.45, 7) is 26.5. The Morgan fingerprint density at radius 1 is 0.288 bits per heavy atom. The molecule has 0 saturated heterocycles. The molecule has 0 saturated carbocycles. The molecule has 2 unspecified atom stereocenters. The third-order valence-electron chi connectivity index (χ3n) is 9.91. The molecule has 0 spiro atoms. The van der Waals surface area contributed by atoms with Crippen LogP contribution in [0.15, 0.2) is 84.9 Å². The van der Waals surface area contributed by atoms with Gasteiger partial charge in [-0.25, -0.2) is 0 Å². The Labute approximate surface area is 338 Å². The van der Waals surface area contributed by atoms with E-state index in [1.54, 1.807) is 0 Å². The van der Waals surface area contributed by atoms with Gasteiger partial charge in [-0.05, 0) is 0 Å². The monoisotopic (exact) mass is 842 g/mol. The minimum absolute atomic E-state index is 0. The zero-order valence-electron chi connectivity index (χ0n) is 33.5. The number of hydrogen-bond donors (Lipinski definition) is 0. The van der Waals surface area contributed by atoms with Crippen LogP contribution < -0.4 is 8.79 Å². The molecule has 0 amide bonds. The van der Waals surface area contributed by atoms with Crippen molar-refractivity contribution in [2.75, 3.05) is 0 Å². The van der Waals surface area contributed by atoms with Crippen molar-refractivity contribution >= 4 is 61.6 Å². The van der Waals surface area contributed by atoms with Gasteiger partial charge in [0.25, 0.3) is 0 Å². The van der Waals surface area contributed by atoms with Gasteiger partial charge in [0.2, 0.25) is 0 Å². The van der Waals surface area contributed by atoms with Crippen LogP contribution in [-0.4, -0.2) is 33.0 Å². The molecule has 6 rings (SSSR count). The van der Waals surface area contributed by atoms with E-state index in [0.29, 0.717) is 0 Å². The Morgan fingerprint density at radius 2 is 0.442 bits per heavy atom. The van der Waals surface area contributed by atoms with E-state index in [9.17, 15) is 0 Å². The quantitative estimate of drug-likeness (QED) is 0.123. The van der Waals surface area contributed by atoms with Gasteiger partial charge >= 0.3 is 321 Å². The summed E-state index contributed by atoms with van der Waals surface area (Å²) in [5, 5.41) is 0. The van der Waals surface area contributed by atoms with Crippen molar-refractivity contribution in [1.82, 2.24) is 0 Å². The molecule has 4 heteroatoms. The van der Waals surface area contributed by atoms with Gasteiger partial charge in [-0.1, -0.05) is 0 Å². The number of benzene rings is 6. The van der Waals surface area contributed by atoms with E-state index >= 15 is 0 Å². The molecule has 6 aromatic carbocycles. The summed E-state index contributed by atoms with van der Waals surface area (Å²) in [5.74, 6) is 0. The summed E-state index contributed by atoms with van der Waals surface area (Å²) in [6.07, 6.45) is 0. The van der Waals surface area contributed by atoms with Crippen molar-refractivity contribution < 1.29 is 0 Å². The summed E-state index contributed by atoms with van der Waals surface area (Å²) in [6, 6.07) is 31.8. The molecule has 6 aromatic rings. The first-order valence-corrected chi connectivity index (χ1v) is 19.7. The standard InChI is InChI=1S/2C24H25Ge.2H3P/c2*1-14-10-16(3)22(17(4)11-14)20-8-7-9-21(24(20)25)23-18(5)12-15(2)13-19(23)6;;/h2*7-13H,1-6H3;2*1H3. The Morgan fingerprint density at radius 3 is 0.596 bits per heavy atom. The van der Waals surface area contributed by atoms with Gasteiger partial charge in [-0.15, -0.1) is 0 Å². The van der Waals surface area contributed by atoms with Crippen molar-refractivity contribution in [3.05, 3.63) is 152 Å². The van der Waals surface area contributed by atoms with Crippen LogP contribution in [0.4, 0.5) is 0 Å². The SMILES string of the molecule is Cc1cc(C)c(-c2cccc(-c3c(C)cc(C)cc3C)[c]2[Ge])c(C)c1.Cc1cc(C)c(-c2cccc(-c3c(C)cc(C)cc3C)[c]2[Ge])c(C)c1.P.P. The van der Waals surface area contributed by atoms with Crippen molar-refractivity contribution in [3.63, 3.8) is 0 Å².